The molecule has 0 aliphatic heterocycles. The van der Waals surface area contributed by atoms with Gasteiger partial charge >= 0.3 is 0 Å². The average molecular weight is 105 g/mol. The second kappa shape index (κ2) is 1.81. The molecular formula is C6H13F. The summed E-state index contributed by atoms with van der Waals surface area (Å²) in [7, 11) is 0. The predicted octanol–water partition coefficient (Wildman–Crippen LogP) is 2.39. The summed E-state index contributed by atoms with van der Waals surface area (Å²) in [5.74, 6) is -0.979. The first-order valence-electron chi connectivity index (χ1n) is 2.94. The molecule has 0 unspecified atom stereocenters. The van der Waals surface area contributed by atoms with Crippen molar-refractivity contribution in [2.45, 2.75) is 33.4 Å². The molecular weight excluding hydrogens is 91.1 g/mol. The molecule has 0 N–H and O–H groups in total. The van der Waals surface area contributed by atoms with Crippen LogP contribution in [-0.2, 0) is 0 Å². The predicted molar refractivity (Wildman–Crippen MR) is 30.0 cm³/mol. The van der Waals surface area contributed by atoms with E-state index >= 15 is 0 Å². The fraction of sp³-hybridized carbons (Fsp3) is 1.00. The summed E-state index contributed by atoms with van der Waals surface area (Å²) >= 11 is 0. The summed E-state index contributed by atoms with van der Waals surface area (Å²) in [6, 6.07) is 0. The second-order valence-electron chi connectivity index (χ2n) is 2.47. The Bertz CT molecular complexity index is 63.5. The maximum Gasteiger partial charge on any atom is 0.107 e. The Morgan fingerprint density at radius 3 is 1.71 bits per heavy atom. The van der Waals surface area contributed by atoms with Crippen LogP contribution in [-0.4, -0.2) is 5.67 Å². The van der Waals surface area contributed by atoms with Gasteiger partial charge in [0.1, 0.15) is 5.67 Å². The molecule has 0 saturated heterocycles. The van der Waals surface area contributed by atoms with Gasteiger partial charge < -0.3 is 0 Å². The molecule has 1 heteroatoms. The SMILES string of the molecule is [2H]C(C)(C)C(C)(C)F. The van der Waals surface area contributed by atoms with Crippen LogP contribution in [0.2, 0.25) is 0 Å². The van der Waals surface area contributed by atoms with Crippen LogP contribution in [0.25, 0.3) is 0 Å². The topological polar surface area (TPSA) is 0 Å². The number of hydrogen-bond acceptors (Lipinski definition) is 0. The molecule has 0 amide bonds. The Hall–Kier alpha value is -0.0700. The Morgan fingerprint density at radius 2 is 1.71 bits per heavy atom. The van der Waals surface area contributed by atoms with Gasteiger partial charge in [-0.05, 0) is 19.7 Å². The zero-order valence-electron chi connectivity index (χ0n) is 6.38. The van der Waals surface area contributed by atoms with Crippen molar-refractivity contribution < 1.29 is 5.76 Å². The smallest absolute Gasteiger partial charge is 0.107 e. The van der Waals surface area contributed by atoms with Crippen molar-refractivity contribution >= 4 is 0 Å². The summed E-state index contributed by atoms with van der Waals surface area (Å²) < 4.78 is 19.9. The van der Waals surface area contributed by atoms with Crippen molar-refractivity contribution in [3.05, 3.63) is 0 Å². The van der Waals surface area contributed by atoms with E-state index in [-0.39, 0.29) is 0 Å². The molecule has 0 bridgehead atoms. The zero-order chi connectivity index (χ0) is 7.00. The van der Waals surface area contributed by atoms with Crippen molar-refractivity contribution in [1.29, 1.82) is 0 Å². The van der Waals surface area contributed by atoms with Crippen LogP contribution in [0.3, 0.4) is 0 Å². The van der Waals surface area contributed by atoms with E-state index in [1.54, 1.807) is 13.8 Å². The highest BCUT2D eigenvalue weighted by Crippen LogP contribution is 2.18. The quantitative estimate of drug-likeness (QED) is 0.480. The van der Waals surface area contributed by atoms with Gasteiger partial charge in [0.2, 0.25) is 0 Å². The molecule has 0 aromatic heterocycles. The van der Waals surface area contributed by atoms with E-state index in [9.17, 15) is 4.39 Å². The molecule has 0 atom stereocenters. The highest BCUT2D eigenvalue weighted by molar-refractivity contribution is 4.68. The molecule has 0 fully saturated rings. The summed E-state index contributed by atoms with van der Waals surface area (Å²) in [6.07, 6.45) is 0. The second-order valence-corrected chi connectivity index (χ2v) is 2.47. The lowest BCUT2D eigenvalue weighted by Gasteiger charge is -2.17. The largest absolute Gasteiger partial charge is 0.244 e. The highest BCUT2D eigenvalue weighted by atomic mass is 19.1. The van der Waals surface area contributed by atoms with Crippen LogP contribution in [0.15, 0.2) is 0 Å². The van der Waals surface area contributed by atoms with Crippen LogP contribution >= 0.6 is 0 Å². The summed E-state index contributed by atoms with van der Waals surface area (Å²) in [6.45, 7) is 5.96. The first kappa shape index (κ1) is 5.07. The number of alkyl halides is 1. The Kier molecular flexibility index (Phi) is 1.31. The summed E-state index contributed by atoms with van der Waals surface area (Å²) in [5.41, 5.74) is -1.40. The molecule has 0 saturated carbocycles. The Morgan fingerprint density at radius 1 is 1.57 bits per heavy atom. The molecule has 44 valence electrons. The van der Waals surface area contributed by atoms with Gasteiger partial charge in [0.25, 0.3) is 0 Å². The highest BCUT2D eigenvalue weighted by Gasteiger charge is 2.19. The summed E-state index contributed by atoms with van der Waals surface area (Å²) in [5, 5.41) is 0. The van der Waals surface area contributed by atoms with Gasteiger partial charge in [-0.1, -0.05) is 13.8 Å². The van der Waals surface area contributed by atoms with Crippen molar-refractivity contribution in [1.82, 2.24) is 0 Å². The Balaban J connectivity index is 4.02. The molecule has 0 aromatic rings. The number of rotatable bonds is 1. The fourth-order valence-electron chi connectivity index (χ4n) is 0. The monoisotopic (exact) mass is 105 g/mol. The normalized spacial score (nSPS) is 16.4. The van der Waals surface area contributed by atoms with Crippen molar-refractivity contribution in [2.75, 3.05) is 0 Å². The van der Waals surface area contributed by atoms with Gasteiger partial charge in [-0.25, -0.2) is 4.39 Å². The van der Waals surface area contributed by atoms with Crippen LogP contribution in [0.4, 0.5) is 4.39 Å². The van der Waals surface area contributed by atoms with Gasteiger partial charge in [0.15, 0.2) is 0 Å². The lowest BCUT2D eigenvalue weighted by molar-refractivity contribution is 0.148. The van der Waals surface area contributed by atoms with E-state index in [1.807, 2.05) is 0 Å². The van der Waals surface area contributed by atoms with Crippen LogP contribution in [0, 0.1) is 5.89 Å². The lowest BCUT2D eigenvalue weighted by Crippen LogP contribution is -2.19. The van der Waals surface area contributed by atoms with Crippen LogP contribution < -0.4 is 0 Å². The van der Waals surface area contributed by atoms with E-state index < -0.39 is 11.6 Å². The van der Waals surface area contributed by atoms with E-state index in [0.717, 1.165) is 0 Å². The molecule has 0 aliphatic rings. The summed E-state index contributed by atoms with van der Waals surface area (Å²) in [4.78, 5) is 0. The standard InChI is InChI=1S/C6H13F/c1-5(2)6(3,4)7/h5H,1-4H3/i5D. The molecule has 0 radical (unpaired) electrons. The molecule has 0 rings (SSSR count). The third kappa shape index (κ3) is 2.60. The minimum Gasteiger partial charge on any atom is -0.244 e. The van der Waals surface area contributed by atoms with E-state index in [1.165, 1.54) is 13.8 Å². The van der Waals surface area contributed by atoms with E-state index in [4.69, 9.17) is 1.37 Å². The molecule has 0 aliphatic carbocycles. The molecule has 0 spiro atoms. The molecule has 0 nitrogen and oxygen atoms in total. The average Bonchev–Trinajstić information content (AvgIpc) is 1.25. The minimum atomic E-state index is -1.40. The maximum atomic E-state index is 12.7. The molecule has 7 heavy (non-hydrogen) atoms. The number of hydrogen-bond donors (Lipinski definition) is 0. The Labute approximate surface area is 46.1 Å². The van der Waals surface area contributed by atoms with Gasteiger partial charge in [-0.3, -0.25) is 0 Å². The maximum absolute atomic E-state index is 12.7. The lowest BCUT2D eigenvalue weighted by atomic mass is 9.97. The fourth-order valence-corrected chi connectivity index (χ4v) is 0. The van der Waals surface area contributed by atoms with E-state index in [2.05, 4.69) is 0 Å². The zero-order valence-corrected chi connectivity index (χ0v) is 5.38. The first-order valence-corrected chi connectivity index (χ1v) is 2.44. The van der Waals surface area contributed by atoms with Crippen LogP contribution in [0.5, 0.6) is 0 Å². The van der Waals surface area contributed by atoms with Gasteiger partial charge in [0.05, 0.1) is 0 Å². The van der Waals surface area contributed by atoms with Crippen molar-refractivity contribution in [2.24, 2.45) is 5.89 Å². The van der Waals surface area contributed by atoms with Gasteiger partial charge in [-0.2, -0.15) is 0 Å². The third-order valence-electron chi connectivity index (χ3n) is 1.19. The van der Waals surface area contributed by atoms with Crippen LogP contribution in [0.1, 0.15) is 29.1 Å². The molecule has 0 aromatic carbocycles. The van der Waals surface area contributed by atoms with Crippen molar-refractivity contribution in [3.8, 4) is 0 Å². The molecule has 0 heterocycles. The van der Waals surface area contributed by atoms with E-state index in [0.29, 0.717) is 0 Å². The third-order valence-corrected chi connectivity index (χ3v) is 1.19. The van der Waals surface area contributed by atoms with Gasteiger partial charge in [-0.15, -0.1) is 0 Å². The number of halogens is 1. The minimum absolute atomic E-state index is 0.979. The first-order chi connectivity index (χ1) is 3.25. The van der Waals surface area contributed by atoms with Crippen molar-refractivity contribution in [3.63, 3.8) is 0 Å². The van der Waals surface area contributed by atoms with Gasteiger partial charge in [0, 0.05) is 1.37 Å².